The van der Waals surface area contributed by atoms with Crippen molar-refractivity contribution < 1.29 is 23.8 Å². The van der Waals surface area contributed by atoms with E-state index in [0.29, 0.717) is 24.3 Å². The zero-order chi connectivity index (χ0) is 18.8. The first-order chi connectivity index (χ1) is 12.2. The van der Waals surface area contributed by atoms with E-state index in [1.54, 1.807) is 6.92 Å². The van der Waals surface area contributed by atoms with Gasteiger partial charge >= 0.3 is 5.97 Å². The summed E-state index contributed by atoms with van der Waals surface area (Å²) < 4.78 is 15.3. The lowest BCUT2D eigenvalue weighted by Gasteiger charge is -2.06. The fourth-order valence-corrected chi connectivity index (χ4v) is 1.37. The molecule has 0 fully saturated rings. The summed E-state index contributed by atoms with van der Waals surface area (Å²) in [5, 5.41) is 11.9. The minimum Gasteiger partial charge on any atom is -0.465 e. The van der Waals surface area contributed by atoms with Crippen LogP contribution in [0.1, 0.15) is 6.92 Å². The summed E-state index contributed by atoms with van der Waals surface area (Å²) in [6, 6.07) is 0. The van der Waals surface area contributed by atoms with Crippen LogP contribution in [0.5, 0.6) is 0 Å². The highest BCUT2D eigenvalue weighted by atomic mass is 16.5. The zero-order valence-electron chi connectivity index (χ0n) is 14.1. The van der Waals surface area contributed by atoms with Gasteiger partial charge in [-0.05, 0) is 6.92 Å². The second kappa shape index (κ2) is 16.2. The second-order valence-corrected chi connectivity index (χ2v) is 4.36. The predicted molar refractivity (Wildman–Crippen MR) is 86.8 cm³/mol. The molecule has 0 aromatic rings. The molecule has 11 heteroatoms. The first-order valence-corrected chi connectivity index (χ1v) is 7.52. The van der Waals surface area contributed by atoms with Crippen LogP contribution in [0.2, 0.25) is 0 Å². The topological polar surface area (TPSA) is 158 Å². The fraction of sp³-hybridized carbons (Fsp3) is 0.571. The van der Waals surface area contributed by atoms with E-state index >= 15 is 0 Å². The van der Waals surface area contributed by atoms with Crippen molar-refractivity contribution in [1.82, 2.24) is 10.6 Å². The average molecular weight is 356 g/mol. The Morgan fingerprint density at radius 2 is 1.60 bits per heavy atom. The molecule has 0 aliphatic heterocycles. The third-order valence-electron chi connectivity index (χ3n) is 2.45. The molecule has 140 valence electrons. The molecule has 0 spiro atoms. The molecule has 0 saturated carbocycles. The van der Waals surface area contributed by atoms with Crippen molar-refractivity contribution in [2.75, 3.05) is 46.1 Å². The Hall–Kier alpha value is -2.66. The highest BCUT2D eigenvalue weighted by Gasteiger charge is 2.01. The van der Waals surface area contributed by atoms with Crippen LogP contribution >= 0.6 is 0 Å². The van der Waals surface area contributed by atoms with Crippen LogP contribution in [0.4, 0.5) is 0 Å². The van der Waals surface area contributed by atoms with Crippen molar-refractivity contribution in [1.29, 1.82) is 11.1 Å². The molecule has 0 aliphatic rings. The molecule has 0 unspecified atom stereocenters. The molecule has 25 heavy (non-hydrogen) atoms. The lowest BCUT2D eigenvalue weighted by Crippen LogP contribution is -2.21. The maximum absolute atomic E-state index is 11.1. The Bertz CT molecular complexity index is 480. The van der Waals surface area contributed by atoms with Crippen LogP contribution in [0.3, 0.4) is 0 Å². The Morgan fingerprint density at radius 1 is 1.04 bits per heavy atom. The van der Waals surface area contributed by atoms with E-state index < -0.39 is 5.97 Å². The summed E-state index contributed by atoms with van der Waals surface area (Å²) in [7, 11) is 0. The number of nitrogens with zero attached hydrogens (tertiary/aromatic N) is 2. The van der Waals surface area contributed by atoms with Crippen LogP contribution in [0, 0.1) is 11.1 Å². The maximum atomic E-state index is 11.1. The van der Waals surface area contributed by atoms with Gasteiger partial charge < -0.3 is 29.6 Å². The number of carbonyl (C=O) groups excluding carboxylic acids is 2. The Morgan fingerprint density at radius 3 is 2.08 bits per heavy atom. The maximum Gasteiger partial charge on any atom is 0.325 e. The molecule has 0 saturated heterocycles. The SMILES string of the molecule is CCOC(=O)CN/C=C(/COCCOC/C(=C/NCC=O)N=N)N=N. The molecular formula is C14H24N6O5. The average Bonchev–Trinajstić information content (AvgIpc) is 2.61. The van der Waals surface area contributed by atoms with Gasteiger partial charge in [0, 0.05) is 12.4 Å². The normalized spacial score (nSPS) is 11.6. The third kappa shape index (κ3) is 13.5. The number of carbonyl (C=O) groups is 2. The largest absolute Gasteiger partial charge is 0.465 e. The molecular weight excluding hydrogens is 332 g/mol. The summed E-state index contributed by atoms with van der Waals surface area (Å²) in [5.41, 5.74) is 14.6. The molecule has 0 amide bonds. The van der Waals surface area contributed by atoms with Crippen molar-refractivity contribution in [2.24, 2.45) is 10.2 Å². The van der Waals surface area contributed by atoms with E-state index in [1.807, 2.05) is 0 Å². The monoisotopic (exact) mass is 356 g/mol. The van der Waals surface area contributed by atoms with E-state index in [0.717, 1.165) is 0 Å². The molecule has 0 bridgehead atoms. The minimum absolute atomic E-state index is 0.0140. The molecule has 0 rings (SSSR count). The third-order valence-corrected chi connectivity index (χ3v) is 2.45. The van der Waals surface area contributed by atoms with Gasteiger partial charge in [-0.25, -0.2) is 11.1 Å². The number of esters is 1. The van der Waals surface area contributed by atoms with Crippen LogP contribution in [0.15, 0.2) is 34.0 Å². The van der Waals surface area contributed by atoms with Crippen molar-refractivity contribution in [2.45, 2.75) is 6.92 Å². The van der Waals surface area contributed by atoms with E-state index in [9.17, 15) is 9.59 Å². The van der Waals surface area contributed by atoms with E-state index in [4.69, 9.17) is 25.3 Å². The van der Waals surface area contributed by atoms with Crippen molar-refractivity contribution >= 4 is 12.3 Å². The zero-order valence-corrected chi connectivity index (χ0v) is 14.1. The van der Waals surface area contributed by atoms with Gasteiger partial charge in [0.25, 0.3) is 0 Å². The second-order valence-electron chi connectivity index (χ2n) is 4.36. The van der Waals surface area contributed by atoms with Gasteiger partial charge in [-0.2, -0.15) is 10.2 Å². The Kier molecular flexibility index (Phi) is 14.5. The highest BCUT2D eigenvalue weighted by Crippen LogP contribution is 1.97. The van der Waals surface area contributed by atoms with Crippen LogP contribution in [-0.4, -0.2) is 58.4 Å². The Labute approximate surface area is 145 Å². The van der Waals surface area contributed by atoms with E-state index in [2.05, 4.69) is 20.9 Å². The number of nitrogens with one attached hydrogen (secondary N) is 4. The van der Waals surface area contributed by atoms with Gasteiger partial charge in [0.15, 0.2) is 0 Å². The standard InChI is InChI=1S/C14H24N6O5/c1-2-25-14(22)9-18-8-13(20-16)11-24-6-5-23-10-12(19-15)7-17-3-4-21/h4,7-8,15-18H,2-3,5-6,9-11H2,1H3/b12-7-,13-8-,19-15?,20-16?. The van der Waals surface area contributed by atoms with E-state index in [1.165, 1.54) is 12.4 Å². The first kappa shape index (κ1) is 22.3. The van der Waals surface area contributed by atoms with Crippen molar-refractivity contribution in [3.05, 3.63) is 23.8 Å². The molecule has 0 aliphatic carbocycles. The molecule has 4 N–H and O–H groups in total. The Balaban J connectivity index is 3.87. The quantitative estimate of drug-likeness (QED) is 0.137. The lowest BCUT2D eigenvalue weighted by molar-refractivity contribution is -0.141. The molecule has 0 radical (unpaired) electrons. The van der Waals surface area contributed by atoms with Gasteiger partial charge in [0.05, 0.1) is 39.6 Å². The molecule has 0 aromatic heterocycles. The van der Waals surface area contributed by atoms with Gasteiger partial charge in [-0.3, -0.25) is 4.79 Å². The van der Waals surface area contributed by atoms with Crippen LogP contribution in [0.25, 0.3) is 0 Å². The lowest BCUT2D eigenvalue weighted by atomic mass is 10.5. The van der Waals surface area contributed by atoms with Crippen molar-refractivity contribution in [3.63, 3.8) is 0 Å². The number of hydrogen-bond donors (Lipinski definition) is 4. The van der Waals surface area contributed by atoms with Gasteiger partial charge in [-0.15, -0.1) is 0 Å². The smallest absolute Gasteiger partial charge is 0.325 e. The summed E-state index contributed by atoms with van der Waals surface area (Å²) in [6.07, 6.45) is 3.53. The predicted octanol–water partition coefficient (Wildman–Crippen LogP) is 0.706. The van der Waals surface area contributed by atoms with Gasteiger partial charge in [0.1, 0.15) is 24.2 Å². The fourth-order valence-electron chi connectivity index (χ4n) is 1.37. The summed E-state index contributed by atoms with van der Waals surface area (Å²) >= 11 is 0. The number of aldehydes is 1. The van der Waals surface area contributed by atoms with Gasteiger partial charge in [0.2, 0.25) is 0 Å². The minimum atomic E-state index is -0.399. The summed E-state index contributed by atoms with van der Waals surface area (Å²) in [5.74, 6) is -0.399. The summed E-state index contributed by atoms with van der Waals surface area (Å²) in [6.45, 7) is 2.82. The van der Waals surface area contributed by atoms with Crippen LogP contribution in [-0.2, 0) is 23.8 Å². The number of hydrogen-bond acceptors (Lipinski definition) is 11. The molecule has 0 heterocycles. The molecule has 11 nitrogen and oxygen atoms in total. The molecule has 0 aromatic carbocycles. The highest BCUT2D eigenvalue weighted by molar-refractivity contribution is 5.71. The summed E-state index contributed by atoms with van der Waals surface area (Å²) in [4.78, 5) is 21.3. The first-order valence-electron chi connectivity index (χ1n) is 7.52. The number of ether oxygens (including phenoxy) is 3. The van der Waals surface area contributed by atoms with Crippen LogP contribution < -0.4 is 10.6 Å². The van der Waals surface area contributed by atoms with Gasteiger partial charge in [-0.1, -0.05) is 0 Å². The molecule has 0 atom stereocenters. The number of rotatable bonds is 16. The van der Waals surface area contributed by atoms with Crippen molar-refractivity contribution in [3.8, 4) is 0 Å². The van der Waals surface area contributed by atoms with E-state index in [-0.39, 0.29) is 39.5 Å².